The predicted molar refractivity (Wildman–Crippen MR) is 104 cm³/mol. The van der Waals surface area contributed by atoms with Gasteiger partial charge in [0.2, 0.25) is 12.3 Å². The monoisotopic (exact) mass is 351 g/mol. The van der Waals surface area contributed by atoms with Crippen molar-refractivity contribution in [1.82, 2.24) is 10.2 Å². The molecule has 0 radical (unpaired) electrons. The van der Waals surface area contributed by atoms with Crippen LogP contribution in [-0.4, -0.2) is 36.7 Å². The van der Waals surface area contributed by atoms with Crippen LogP contribution in [0.15, 0.2) is 18.2 Å². The Bertz CT molecular complexity index is 531. The van der Waals surface area contributed by atoms with E-state index >= 15 is 0 Å². The maximum atomic E-state index is 12.0. The summed E-state index contributed by atoms with van der Waals surface area (Å²) in [6.07, 6.45) is 1.36. The van der Waals surface area contributed by atoms with Gasteiger partial charge in [0.05, 0.1) is 0 Å². The summed E-state index contributed by atoms with van der Waals surface area (Å²) in [5, 5.41) is 5.02. The Labute approximate surface area is 152 Å². The molecule has 0 bridgehead atoms. The molecule has 6 nitrogen and oxygen atoms in total. The third-order valence-electron chi connectivity index (χ3n) is 3.07. The summed E-state index contributed by atoms with van der Waals surface area (Å²) in [6, 6.07) is 5.85. The molecule has 2 N–H and O–H groups in total. The first kappa shape index (κ1) is 24.9. The average molecular weight is 351 g/mol. The molecule has 2 rings (SSSR count). The van der Waals surface area contributed by atoms with Crippen molar-refractivity contribution in [2.75, 3.05) is 18.9 Å². The fraction of sp³-hybridized carbons (Fsp3) is 0.526. The maximum Gasteiger partial charge on any atom is 0.254 e. The Morgan fingerprint density at radius 2 is 1.84 bits per heavy atom. The standard InChI is InChI=1S/C12H16N2O.C3H5NO2.2C2H6/c1-3-7-14-8-10-9(12(14)15)5-4-6-11(10)13-2;1-3(6)4-2-5;2*1-2/h4-6,13H,3,7-8H2,1-2H3;2H,1H3,(H,4,5,6);2*1-2H3. The van der Waals surface area contributed by atoms with E-state index in [-0.39, 0.29) is 11.8 Å². The normalized spacial score (nSPS) is 10.7. The molecule has 142 valence electrons. The summed E-state index contributed by atoms with van der Waals surface area (Å²) in [5.74, 6) is -0.158. The number of hydrogen-bond donors (Lipinski definition) is 2. The lowest BCUT2D eigenvalue weighted by Gasteiger charge is -2.13. The summed E-state index contributed by atoms with van der Waals surface area (Å²) in [4.78, 5) is 32.8. The first-order valence-electron chi connectivity index (χ1n) is 8.84. The second-order valence-corrected chi connectivity index (χ2v) is 4.63. The van der Waals surface area contributed by atoms with Gasteiger partial charge < -0.3 is 10.2 Å². The van der Waals surface area contributed by atoms with Crippen LogP contribution in [0.25, 0.3) is 0 Å². The summed E-state index contributed by atoms with van der Waals surface area (Å²) in [5.41, 5.74) is 3.06. The molecule has 1 heterocycles. The quantitative estimate of drug-likeness (QED) is 0.815. The molecular weight excluding hydrogens is 318 g/mol. The lowest BCUT2D eigenvalue weighted by atomic mass is 10.1. The van der Waals surface area contributed by atoms with Gasteiger partial charge in [0.25, 0.3) is 5.91 Å². The highest BCUT2D eigenvalue weighted by atomic mass is 16.2. The molecule has 1 aromatic carbocycles. The second-order valence-electron chi connectivity index (χ2n) is 4.63. The molecule has 0 unspecified atom stereocenters. The van der Waals surface area contributed by atoms with Gasteiger partial charge in [0.1, 0.15) is 0 Å². The molecular formula is C19H33N3O3. The molecule has 0 aromatic heterocycles. The Kier molecular flexibility index (Phi) is 15.1. The van der Waals surface area contributed by atoms with Gasteiger partial charge in [-0.1, -0.05) is 40.7 Å². The molecule has 6 heteroatoms. The van der Waals surface area contributed by atoms with E-state index in [0.717, 1.165) is 36.3 Å². The molecule has 0 fully saturated rings. The molecule has 0 spiro atoms. The van der Waals surface area contributed by atoms with E-state index in [2.05, 4.69) is 12.2 Å². The van der Waals surface area contributed by atoms with Crippen LogP contribution in [0.3, 0.4) is 0 Å². The fourth-order valence-electron chi connectivity index (χ4n) is 2.16. The SMILES string of the molecule is CC.CC.CC(=O)NC=O.CCCN1Cc2c(NC)cccc2C1=O. The fourth-order valence-corrected chi connectivity index (χ4v) is 2.16. The lowest BCUT2D eigenvalue weighted by molar-refractivity contribution is -0.123. The van der Waals surface area contributed by atoms with Crippen molar-refractivity contribution >= 4 is 23.9 Å². The van der Waals surface area contributed by atoms with Crippen molar-refractivity contribution in [3.05, 3.63) is 29.3 Å². The van der Waals surface area contributed by atoms with E-state index in [1.54, 1.807) is 0 Å². The van der Waals surface area contributed by atoms with Crippen molar-refractivity contribution in [2.24, 2.45) is 0 Å². The zero-order valence-corrected chi connectivity index (χ0v) is 16.6. The Morgan fingerprint density at radius 1 is 1.24 bits per heavy atom. The molecule has 1 aromatic rings. The van der Waals surface area contributed by atoms with Crippen LogP contribution >= 0.6 is 0 Å². The van der Waals surface area contributed by atoms with Crippen LogP contribution in [0.2, 0.25) is 0 Å². The Hall–Kier alpha value is -2.37. The van der Waals surface area contributed by atoms with E-state index in [4.69, 9.17) is 0 Å². The van der Waals surface area contributed by atoms with Crippen molar-refractivity contribution in [3.63, 3.8) is 0 Å². The highest BCUT2D eigenvalue weighted by molar-refractivity contribution is 6.00. The van der Waals surface area contributed by atoms with Crippen molar-refractivity contribution in [3.8, 4) is 0 Å². The average Bonchev–Trinajstić information content (AvgIpc) is 2.95. The highest BCUT2D eigenvalue weighted by Gasteiger charge is 2.27. The molecule has 1 aliphatic rings. The minimum absolute atomic E-state index is 0.170. The number of imide groups is 1. The summed E-state index contributed by atoms with van der Waals surface area (Å²) < 4.78 is 0. The van der Waals surface area contributed by atoms with E-state index in [0.29, 0.717) is 6.41 Å². The zero-order chi connectivity index (χ0) is 19.8. The van der Waals surface area contributed by atoms with Gasteiger partial charge >= 0.3 is 0 Å². The molecule has 1 aliphatic heterocycles. The third kappa shape index (κ3) is 8.33. The zero-order valence-electron chi connectivity index (χ0n) is 16.6. The number of fused-ring (bicyclic) bond motifs is 1. The van der Waals surface area contributed by atoms with Crippen LogP contribution in [0.4, 0.5) is 5.69 Å². The summed E-state index contributed by atoms with van der Waals surface area (Å²) >= 11 is 0. The number of hydrogen-bond acceptors (Lipinski definition) is 4. The van der Waals surface area contributed by atoms with Gasteiger partial charge in [0, 0.05) is 43.9 Å². The number of nitrogens with zero attached hydrogens (tertiary/aromatic N) is 1. The van der Waals surface area contributed by atoms with Gasteiger partial charge in [-0.2, -0.15) is 0 Å². The molecule has 0 saturated carbocycles. The number of anilines is 1. The number of nitrogens with one attached hydrogen (secondary N) is 2. The van der Waals surface area contributed by atoms with Gasteiger partial charge in [-0.15, -0.1) is 0 Å². The number of carbonyl (C=O) groups is 3. The van der Waals surface area contributed by atoms with Crippen LogP contribution in [0.1, 0.15) is 63.9 Å². The minimum Gasteiger partial charge on any atom is -0.388 e. The smallest absolute Gasteiger partial charge is 0.254 e. The van der Waals surface area contributed by atoms with Crippen molar-refractivity contribution in [1.29, 1.82) is 0 Å². The van der Waals surface area contributed by atoms with Crippen molar-refractivity contribution in [2.45, 2.75) is 54.5 Å². The summed E-state index contributed by atoms with van der Waals surface area (Å²) in [7, 11) is 1.89. The minimum atomic E-state index is -0.329. The second kappa shape index (κ2) is 15.2. The lowest BCUT2D eigenvalue weighted by Crippen LogP contribution is -2.24. The number of amides is 3. The number of carbonyl (C=O) groups excluding carboxylic acids is 3. The maximum absolute atomic E-state index is 12.0. The highest BCUT2D eigenvalue weighted by Crippen LogP contribution is 2.28. The molecule has 0 aliphatic carbocycles. The van der Waals surface area contributed by atoms with Crippen LogP contribution in [0, 0.1) is 0 Å². The van der Waals surface area contributed by atoms with Crippen molar-refractivity contribution < 1.29 is 14.4 Å². The summed E-state index contributed by atoms with van der Waals surface area (Å²) in [6.45, 7) is 13.0. The van der Waals surface area contributed by atoms with E-state index in [1.165, 1.54) is 6.92 Å². The van der Waals surface area contributed by atoms with E-state index < -0.39 is 0 Å². The first-order valence-corrected chi connectivity index (χ1v) is 8.84. The number of benzene rings is 1. The topological polar surface area (TPSA) is 78.5 Å². The largest absolute Gasteiger partial charge is 0.388 e. The Balaban J connectivity index is 0. The van der Waals surface area contributed by atoms with Gasteiger partial charge in [-0.3, -0.25) is 19.7 Å². The molecule has 3 amide bonds. The van der Waals surface area contributed by atoms with E-state index in [9.17, 15) is 14.4 Å². The molecule has 25 heavy (non-hydrogen) atoms. The first-order chi connectivity index (χ1) is 12.0. The van der Waals surface area contributed by atoms with E-state index in [1.807, 2.05) is 63.2 Å². The number of rotatable bonds is 4. The predicted octanol–water partition coefficient (Wildman–Crippen LogP) is 3.43. The van der Waals surface area contributed by atoms with Crippen LogP contribution in [0.5, 0.6) is 0 Å². The third-order valence-corrected chi connectivity index (χ3v) is 3.07. The van der Waals surface area contributed by atoms with Gasteiger partial charge in [0.15, 0.2) is 0 Å². The Morgan fingerprint density at radius 3 is 2.24 bits per heavy atom. The van der Waals surface area contributed by atoms with Gasteiger partial charge in [-0.05, 0) is 18.6 Å². The molecule has 0 saturated heterocycles. The van der Waals surface area contributed by atoms with Crippen LogP contribution < -0.4 is 10.6 Å². The van der Waals surface area contributed by atoms with Crippen LogP contribution in [-0.2, 0) is 16.1 Å². The molecule has 0 atom stereocenters. The van der Waals surface area contributed by atoms with Gasteiger partial charge in [-0.25, -0.2) is 0 Å².